The van der Waals surface area contributed by atoms with E-state index in [2.05, 4.69) is 25.8 Å². The zero-order valence-electron chi connectivity index (χ0n) is 27.2. The van der Waals surface area contributed by atoms with Crippen molar-refractivity contribution in [3.05, 3.63) is 72.0 Å². The van der Waals surface area contributed by atoms with Crippen molar-refractivity contribution < 1.29 is 27.4 Å². The second kappa shape index (κ2) is 11.7. The van der Waals surface area contributed by atoms with Crippen molar-refractivity contribution in [2.75, 3.05) is 66.7 Å². The molecule has 12 nitrogen and oxygen atoms in total. The average molecular weight is 673 g/mol. The average Bonchev–Trinajstić information content (AvgIpc) is 3.31. The van der Waals surface area contributed by atoms with E-state index in [0.29, 0.717) is 47.8 Å². The van der Waals surface area contributed by atoms with E-state index < -0.39 is 33.4 Å². The Morgan fingerprint density at radius 2 is 1.73 bits per heavy atom. The van der Waals surface area contributed by atoms with E-state index in [1.807, 2.05) is 18.2 Å². The summed E-state index contributed by atoms with van der Waals surface area (Å²) >= 11 is 0. The number of carbonyl (C=O) groups is 1. The summed E-state index contributed by atoms with van der Waals surface area (Å²) in [6.45, 7) is 7.03. The van der Waals surface area contributed by atoms with Crippen molar-refractivity contribution >= 4 is 15.9 Å². The molecule has 48 heavy (non-hydrogen) atoms. The van der Waals surface area contributed by atoms with Crippen LogP contribution in [0.1, 0.15) is 18.4 Å². The molecule has 2 aromatic rings. The molecule has 6 aliphatic rings. The number of pyridine rings is 1. The number of carbonyl (C=O) groups excluding carboxylic acids is 1. The highest BCUT2D eigenvalue weighted by molar-refractivity contribution is 7.89. The van der Waals surface area contributed by atoms with Crippen LogP contribution in [0.25, 0.3) is 0 Å². The highest BCUT2D eigenvalue weighted by atomic mass is 32.2. The Bertz CT molecular complexity index is 1800. The quantitative estimate of drug-likeness (QED) is 0.409. The van der Waals surface area contributed by atoms with Gasteiger partial charge in [0, 0.05) is 67.8 Å². The molecule has 1 aromatic heterocycles. The summed E-state index contributed by atoms with van der Waals surface area (Å²) in [7, 11) is -1.38. The Morgan fingerprint density at radius 3 is 2.35 bits per heavy atom. The predicted molar refractivity (Wildman–Crippen MR) is 174 cm³/mol. The molecule has 6 heterocycles. The third-order valence-corrected chi connectivity index (χ3v) is 13.1. The van der Waals surface area contributed by atoms with E-state index in [1.165, 1.54) is 25.4 Å². The van der Waals surface area contributed by atoms with Crippen molar-refractivity contribution in [2.45, 2.75) is 41.5 Å². The van der Waals surface area contributed by atoms with Crippen LogP contribution in [0.5, 0.6) is 11.5 Å². The Morgan fingerprint density at radius 1 is 0.979 bits per heavy atom. The fourth-order valence-corrected chi connectivity index (χ4v) is 10.4. The maximum atomic E-state index is 15.2. The van der Waals surface area contributed by atoms with E-state index in [1.54, 1.807) is 31.4 Å². The third kappa shape index (κ3) is 4.64. The van der Waals surface area contributed by atoms with Gasteiger partial charge in [0.25, 0.3) is 15.9 Å². The molecular weight excluding hydrogens is 632 g/mol. The summed E-state index contributed by atoms with van der Waals surface area (Å²) in [5, 5.41) is 9.72. The molecule has 5 aliphatic heterocycles. The molecule has 5 fully saturated rings. The first-order valence-electron chi connectivity index (χ1n) is 16.6. The van der Waals surface area contributed by atoms with Gasteiger partial charge in [0.15, 0.2) is 5.03 Å². The van der Waals surface area contributed by atoms with Gasteiger partial charge < -0.3 is 14.2 Å². The highest BCUT2D eigenvalue weighted by Gasteiger charge is 2.70. The number of allylic oxidation sites excluding steroid dienone is 2. The zero-order chi connectivity index (χ0) is 33.3. The summed E-state index contributed by atoms with van der Waals surface area (Å²) in [4.78, 5) is 26.7. The number of methoxy groups -OCH3 is 2. The third-order valence-electron chi connectivity index (χ3n) is 11.4. The van der Waals surface area contributed by atoms with Crippen LogP contribution in [0, 0.1) is 22.7 Å². The number of benzene rings is 1. The van der Waals surface area contributed by atoms with Gasteiger partial charge in [-0.25, -0.2) is 9.29 Å². The molecule has 0 radical (unpaired) electrons. The molecule has 1 amide bonds. The number of nitriles is 1. The monoisotopic (exact) mass is 672 g/mol. The van der Waals surface area contributed by atoms with Gasteiger partial charge in [-0.15, -0.1) is 0 Å². The number of sulfonamides is 1. The zero-order valence-corrected chi connectivity index (χ0v) is 28.0. The summed E-state index contributed by atoms with van der Waals surface area (Å²) in [6.07, 6.45) is 8.65. The normalized spacial score (nSPS) is 29.4. The van der Waals surface area contributed by atoms with Crippen LogP contribution in [0.3, 0.4) is 0 Å². The standard InChI is InChI=1S/C35H40N6O6S/c1-45-27-8-10-32(37-17-27)48(43,44)41-30-9-7-24(16-36)15-29(30)35(33(41)42,28-5-3-4-6-31(28)46-2)40-22-34(23-40)20-39(21-34)25-11-13-38(14-12-25)26-18-47-19-26/h3-10,15,17,25-26,29-30H,11-14,18-23H2,1-2H3. The second-order valence-corrected chi connectivity index (χ2v) is 15.7. The predicted octanol–water partition coefficient (Wildman–Crippen LogP) is 2.01. The molecule has 252 valence electrons. The van der Waals surface area contributed by atoms with Crippen LogP contribution in [0.2, 0.25) is 0 Å². The molecule has 0 N–H and O–H groups in total. The second-order valence-electron chi connectivity index (χ2n) is 13.9. The van der Waals surface area contributed by atoms with E-state index in [0.717, 1.165) is 56.5 Å². The number of aromatic nitrogens is 1. The summed E-state index contributed by atoms with van der Waals surface area (Å²) in [6, 6.07) is 12.7. The Labute approximate surface area is 281 Å². The van der Waals surface area contributed by atoms with Gasteiger partial charge >= 0.3 is 0 Å². The minimum atomic E-state index is -4.41. The van der Waals surface area contributed by atoms with Gasteiger partial charge in [-0.3, -0.25) is 19.5 Å². The van der Waals surface area contributed by atoms with Crippen LogP contribution in [-0.4, -0.2) is 123 Å². The summed E-state index contributed by atoms with van der Waals surface area (Å²) in [5.41, 5.74) is -0.434. The van der Waals surface area contributed by atoms with Gasteiger partial charge in [-0.05, 0) is 37.1 Å². The van der Waals surface area contributed by atoms with Crippen LogP contribution in [0.4, 0.5) is 0 Å². The molecule has 3 atom stereocenters. The lowest BCUT2D eigenvalue weighted by Crippen LogP contribution is -2.78. The molecule has 1 spiro atoms. The molecule has 3 unspecified atom stereocenters. The number of hydrogen-bond donors (Lipinski definition) is 0. The van der Waals surface area contributed by atoms with Crippen LogP contribution in [0.15, 0.2) is 71.4 Å². The first-order valence-corrected chi connectivity index (χ1v) is 18.0. The molecule has 0 bridgehead atoms. The lowest BCUT2D eigenvalue weighted by molar-refractivity contribution is -0.183. The fourth-order valence-electron chi connectivity index (χ4n) is 8.90. The van der Waals surface area contributed by atoms with Gasteiger partial charge in [-0.1, -0.05) is 30.4 Å². The number of rotatable bonds is 8. The first kappa shape index (κ1) is 31.5. The minimum absolute atomic E-state index is 0.0137. The number of piperidine rings is 1. The largest absolute Gasteiger partial charge is 0.496 e. The van der Waals surface area contributed by atoms with Gasteiger partial charge in [0.05, 0.1) is 51.8 Å². The molecular formula is C35H40N6O6S. The molecule has 1 aliphatic carbocycles. The van der Waals surface area contributed by atoms with Crippen LogP contribution in [-0.2, 0) is 25.1 Å². The number of hydrogen-bond acceptors (Lipinski definition) is 11. The van der Waals surface area contributed by atoms with Crippen molar-refractivity contribution in [1.29, 1.82) is 5.26 Å². The molecule has 13 heteroatoms. The molecule has 0 saturated carbocycles. The van der Waals surface area contributed by atoms with Crippen molar-refractivity contribution in [2.24, 2.45) is 11.3 Å². The lowest BCUT2D eigenvalue weighted by Gasteiger charge is -2.66. The van der Waals surface area contributed by atoms with Crippen LogP contribution < -0.4 is 9.47 Å². The van der Waals surface area contributed by atoms with Gasteiger partial charge in [-0.2, -0.15) is 13.7 Å². The SMILES string of the molecule is COc1ccc(S(=O)(=O)N2C(=O)C(c3ccccc3OC)(N3CC4(CN(C5CCN(C6COC6)CC5)C4)C3)C3C=C(C#N)C=CC32)nc1. The number of para-hydroxylation sites is 1. The maximum Gasteiger partial charge on any atom is 0.284 e. The number of likely N-dealkylation sites (tertiary alicyclic amines) is 3. The Balaban J connectivity index is 1.13. The number of fused-ring (bicyclic) bond motifs is 1. The van der Waals surface area contributed by atoms with E-state index >= 15 is 4.79 Å². The van der Waals surface area contributed by atoms with E-state index in [-0.39, 0.29) is 10.4 Å². The fraction of sp³-hybridized carbons (Fsp3) is 0.514. The van der Waals surface area contributed by atoms with Gasteiger partial charge in [0.1, 0.15) is 17.0 Å². The van der Waals surface area contributed by atoms with Crippen molar-refractivity contribution in [3.63, 3.8) is 0 Å². The van der Waals surface area contributed by atoms with Gasteiger partial charge in [0.2, 0.25) is 0 Å². The summed E-state index contributed by atoms with van der Waals surface area (Å²) < 4.78 is 46.2. The van der Waals surface area contributed by atoms with Crippen molar-refractivity contribution in [1.82, 2.24) is 24.0 Å². The molecule has 8 rings (SSSR count). The van der Waals surface area contributed by atoms with E-state index in [9.17, 15) is 13.7 Å². The number of amides is 1. The lowest BCUT2D eigenvalue weighted by atomic mass is 9.65. The maximum absolute atomic E-state index is 15.2. The first-order chi connectivity index (χ1) is 23.2. The Hall–Kier alpha value is -3.80. The van der Waals surface area contributed by atoms with Crippen LogP contribution >= 0.6 is 0 Å². The minimum Gasteiger partial charge on any atom is -0.496 e. The number of ether oxygens (including phenoxy) is 3. The smallest absolute Gasteiger partial charge is 0.284 e. The Kier molecular flexibility index (Phi) is 7.65. The molecule has 1 aromatic carbocycles. The number of nitrogens with zero attached hydrogens (tertiary/aromatic N) is 6. The summed E-state index contributed by atoms with van der Waals surface area (Å²) in [5.74, 6) is -0.353. The van der Waals surface area contributed by atoms with Crippen molar-refractivity contribution in [3.8, 4) is 17.6 Å². The highest BCUT2D eigenvalue weighted by Crippen LogP contribution is 2.58. The topological polar surface area (TPSA) is 129 Å². The molecule has 5 saturated heterocycles. The van der Waals surface area contributed by atoms with E-state index in [4.69, 9.17) is 14.2 Å².